The van der Waals surface area contributed by atoms with Gasteiger partial charge in [0.25, 0.3) is 20.0 Å². The fourth-order valence-corrected chi connectivity index (χ4v) is 10.9. The molecule has 0 bridgehead atoms. The van der Waals surface area contributed by atoms with Crippen molar-refractivity contribution in [3.8, 4) is 0 Å². The number of halogens is 2. The highest BCUT2D eigenvalue weighted by molar-refractivity contribution is 14.1. The van der Waals surface area contributed by atoms with Crippen molar-refractivity contribution in [2.75, 3.05) is 35.8 Å². The summed E-state index contributed by atoms with van der Waals surface area (Å²) < 4.78 is 56.6. The zero-order chi connectivity index (χ0) is 42.9. The Balaban J connectivity index is 0.000000515. The third kappa shape index (κ3) is 13.5. The van der Waals surface area contributed by atoms with Gasteiger partial charge < -0.3 is 23.0 Å². The summed E-state index contributed by atoms with van der Waals surface area (Å²) in [6.07, 6.45) is 10.1. The van der Waals surface area contributed by atoms with Gasteiger partial charge in [0, 0.05) is 28.8 Å². The molecule has 0 aromatic heterocycles. The molecule has 3 N–H and O–H groups in total. The Labute approximate surface area is 376 Å². The second-order valence-electron chi connectivity index (χ2n) is 14.0. The Kier molecular flexibility index (Phi) is 23.8. The van der Waals surface area contributed by atoms with Crippen molar-refractivity contribution in [1.29, 1.82) is 0 Å². The van der Waals surface area contributed by atoms with Crippen molar-refractivity contribution >= 4 is 66.3 Å². The summed E-state index contributed by atoms with van der Waals surface area (Å²) in [4.78, 5) is 33.3. The Bertz CT molecular complexity index is 2110. The highest BCUT2D eigenvalue weighted by atomic mass is 127. The Morgan fingerprint density at radius 3 is 1.70 bits per heavy atom. The summed E-state index contributed by atoms with van der Waals surface area (Å²) in [5, 5.41) is 5.92. The molecule has 12 nitrogen and oxygen atoms in total. The van der Waals surface area contributed by atoms with E-state index in [2.05, 4.69) is 53.1 Å². The van der Waals surface area contributed by atoms with Gasteiger partial charge in [0.15, 0.2) is 0 Å². The van der Waals surface area contributed by atoms with E-state index in [0.717, 1.165) is 68.7 Å². The van der Waals surface area contributed by atoms with E-state index < -0.39 is 20.0 Å². The third-order valence-corrected chi connectivity index (χ3v) is 14.4. The highest BCUT2D eigenvalue weighted by Crippen LogP contribution is 2.41. The van der Waals surface area contributed by atoms with Crippen molar-refractivity contribution in [2.45, 2.75) is 101 Å². The van der Waals surface area contributed by atoms with Crippen LogP contribution in [-0.4, -0.2) is 56.3 Å². The lowest BCUT2D eigenvalue weighted by Crippen LogP contribution is -3.00. The van der Waals surface area contributed by atoms with Crippen LogP contribution in [0.25, 0.3) is 0 Å². The summed E-state index contributed by atoms with van der Waals surface area (Å²) in [6.45, 7) is 8.22. The molecule has 0 spiro atoms. The molecule has 2 heterocycles. The van der Waals surface area contributed by atoms with Crippen LogP contribution in [0.15, 0.2) is 94.7 Å². The first-order chi connectivity index (χ1) is 27.8. The number of hydrogen-bond donors (Lipinski definition) is 2. The number of quaternary nitrogens is 1. The average molecular weight is 997 g/mol. The van der Waals surface area contributed by atoms with Crippen molar-refractivity contribution in [1.82, 2.24) is 5.32 Å². The van der Waals surface area contributed by atoms with E-state index in [0.29, 0.717) is 9.79 Å². The molecule has 0 saturated heterocycles. The minimum absolute atomic E-state index is 0. The number of aryl methyl sites for hydroxylation is 1. The van der Waals surface area contributed by atoms with Crippen LogP contribution < -0.4 is 31.7 Å². The second-order valence-corrected chi connectivity index (χ2v) is 19.1. The molecular formula is C44H58ClIN4O8S2. The van der Waals surface area contributed by atoms with Gasteiger partial charge in [0.2, 0.25) is 0 Å². The molecule has 0 aliphatic carbocycles. The van der Waals surface area contributed by atoms with E-state index in [1.165, 1.54) is 47.1 Å². The standard InChI is InChI=1S/C21H28N2O2S.C20H25IN2O2S.2CO2.CH4.ClH/c1-4-5-6-9-14-22-21-17-10-7-8-11-19(17)23(3)26(24,25)20-15-16(2)12-13-18(20)21;1-3-4-5-8-13-22-20-16-9-6-7-10-18(16)23(2)26(24,25)19-14-15(21)11-12-17(19)20;2*2-1-3;;/h7-8,10-13,15,21-22H,4-6,9,14H2,1-3H3;6-7,9-12,14,20,22H,3-5,8,13H2,1-2H3;;;1H4;1H. The first-order valence-corrected chi connectivity index (χ1v) is 23.3. The fourth-order valence-electron chi connectivity index (χ4n) is 7.16. The maximum atomic E-state index is 13.2. The first-order valence-electron chi connectivity index (χ1n) is 19.4. The van der Waals surface area contributed by atoms with Crippen molar-refractivity contribution < 1.29 is 53.7 Å². The molecule has 2 atom stereocenters. The minimum Gasteiger partial charge on any atom is -1.00 e. The third-order valence-electron chi connectivity index (χ3n) is 10.1. The molecule has 6 rings (SSSR count). The van der Waals surface area contributed by atoms with Gasteiger partial charge in [-0.3, -0.25) is 8.61 Å². The quantitative estimate of drug-likeness (QED) is 0.153. The predicted molar refractivity (Wildman–Crippen MR) is 238 cm³/mol. The minimum atomic E-state index is -3.58. The van der Waals surface area contributed by atoms with Gasteiger partial charge in [-0.2, -0.15) is 19.2 Å². The van der Waals surface area contributed by atoms with Crippen LogP contribution in [0.1, 0.15) is 113 Å². The molecule has 0 saturated carbocycles. The molecule has 0 amide bonds. The van der Waals surface area contributed by atoms with Crippen LogP contribution in [0.3, 0.4) is 0 Å². The summed E-state index contributed by atoms with van der Waals surface area (Å²) >= 11 is 2.17. The topological polar surface area (TPSA) is 172 Å². The average Bonchev–Trinajstić information content (AvgIpc) is 3.32. The lowest BCUT2D eigenvalue weighted by molar-refractivity contribution is -0.687. The number of nitrogens with one attached hydrogen (secondary N) is 1. The number of sulfonamides is 2. The van der Waals surface area contributed by atoms with E-state index in [4.69, 9.17) is 19.2 Å². The smallest absolute Gasteiger partial charge is 0.373 e. The molecule has 60 heavy (non-hydrogen) atoms. The van der Waals surface area contributed by atoms with Crippen LogP contribution >= 0.6 is 22.6 Å². The molecule has 16 heteroatoms. The summed E-state index contributed by atoms with van der Waals surface area (Å²) in [7, 11) is -3.83. The molecule has 4 aromatic rings. The van der Waals surface area contributed by atoms with E-state index in [1.54, 1.807) is 20.2 Å². The number of fused-ring (bicyclic) bond motifs is 4. The largest absolute Gasteiger partial charge is 1.00 e. The fraction of sp³-hybridized carbons (Fsp3) is 0.409. The van der Waals surface area contributed by atoms with E-state index >= 15 is 0 Å². The van der Waals surface area contributed by atoms with Crippen LogP contribution in [0, 0.1) is 10.5 Å². The number of anilines is 2. The van der Waals surface area contributed by atoms with E-state index in [1.807, 2.05) is 79.7 Å². The highest BCUT2D eigenvalue weighted by Gasteiger charge is 2.37. The lowest BCUT2D eigenvalue weighted by Gasteiger charge is -2.22. The SMILES string of the molecule is C.CCCCCCNC1c2ccccc2N(C)S(=O)(=O)c2cc(I)ccc21.CCCCCC[NH2+]C1c2ccccc2N(C)S(=O)(=O)c2cc(C)ccc21.O=C=O.O=C=O.[Cl-]. The van der Waals surface area contributed by atoms with Crippen LogP contribution in [0.2, 0.25) is 0 Å². The molecule has 4 aromatic carbocycles. The number of nitrogens with two attached hydrogens (primary N) is 1. The van der Waals surface area contributed by atoms with E-state index in [9.17, 15) is 16.8 Å². The number of carbonyl (C=O) groups excluding carboxylic acids is 4. The molecule has 2 unspecified atom stereocenters. The Morgan fingerprint density at radius 1 is 0.650 bits per heavy atom. The van der Waals surface area contributed by atoms with Crippen molar-refractivity contribution in [2.24, 2.45) is 0 Å². The molecular weight excluding hydrogens is 939 g/mol. The van der Waals surface area contributed by atoms with Gasteiger partial charge >= 0.3 is 12.3 Å². The number of hydrogen-bond acceptors (Lipinski definition) is 9. The van der Waals surface area contributed by atoms with Crippen LogP contribution in [0.4, 0.5) is 11.4 Å². The number of rotatable bonds is 12. The number of benzene rings is 4. The van der Waals surface area contributed by atoms with Crippen molar-refractivity contribution in [3.05, 3.63) is 116 Å². The van der Waals surface area contributed by atoms with Crippen LogP contribution in [-0.2, 0) is 39.2 Å². The number of para-hydroxylation sites is 2. The zero-order valence-electron chi connectivity index (χ0n) is 34.1. The van der Waals surface area contributed by atoms with Gasteiger partial charge in [0.1, 0.15) is 6.04 Å². The van der Waals surface area contributed by atoms with Gasteiger partial charge in [-0.1, -0.05) is 108 Å². The second kappa shape index (κ2) is 26.4. The van der Waals surface area contributed by atoms with Gasteiger partial charge in [-0.15, -0.1) is 0 Å². The van der Waals surface area contributed by atoms with Gasteiger partial charge in [-0.25, -0.2) is 16.8 Å². The molecule has 0 fully saturated rings. The number of nitrogens with zero attached hydrogens (tertiary/aromatic N) is 2. The molecule has 328 valence electrons. The van der Waals surface area contributed by atoms with Gasteiger partial charge in [0.05, 0.1) is 33.8 Å². The van der Waals surface area contributed by atoms with Gasteiger partial charge in [-0.05, 0) is 102 Å². The van der Waals surface area contributed by atoms with Crippen molar-refractivity contribution in [3.63, 3.8) is 0 Å². The lowest BCUT2D eigenvalue weighted by atomic mass is 9.96. The summed E-state index contributed by atoms with van der Waals surface area (Å²) in [5.41, 5.74) is 6.28. The summed E-state index contributed by atoms with van der Waals surface area (Å²) in [6, 6.07) is 27.1. The first kappa shape index (κ1) is 54.1. The molecule has 2 aliphatic heterocycles. The maximum Gasteiger partial charge on any atom is 0.373 e. The predicted octanol–water partition coefficient (Wildman–Crippen LogP) is 4.53. The normalized spacial score (nSPS) is 16.0. The molecule has 0 radical (unpaired) electrons. The summed E-state index contributed by atoms with van der Waals surface area (Å²) in [5.74, 6) is 0. The molecule has 2 aliphatic rings. The number of unbranched alkanes of at least 4 members (excludes halogenated alkanes) is 6. The zero-order valence-corrected chi connectivity index (χ0v) is 38.7. The Morgan fingerprint density at radius 2 is 1.13 bits per heavy atom. The van der Waals surface area contributed by atoms with E-state index in [-0.39, 0.29) is 44.2 Å². The Hall–Kier alpha value is -3.92. The maximum absolute atomic E-state index is 13.2. The van der Waals surface area contributed by atoms with Crippen LogP contribution in [0.5, 0.6) is 0 Å². The monoisotopic (exact) mass is 996 g/mol.